The quantitative estimate of drug-likeness (QED) is 0.738. The minimum Gasteiger partial charge on any atom is -0.480 e. The molecule has 0 saturated heterocycles. The number of carbonyl (C=O) groups excluding carboxylic acids is 1. The monoisotopic (exact) mass is 270 g/mol. The highest BCUT2D eigenvalue weighted by molar-refractivity contribution is 6.31. The number of benzene rings is 1. The van der Waals surface area contributed by atoms with Gasteiger partial charge in [0.25, 0.3) is 5.91 Å². The Kier molecular flexibility index (Phi) is 4.97. The molecule has 1 unspecified atom stereocenters. The first-order valence-electron chi connectivity index (χ1n) is 5.54. The molecule has 1 aromatic carbocycles. The second kappa shape index (κ2) is 6.26. The van der Waals surface area contributed by atoms with Gasteiger partial charge in [-0.15, -0.1) is 0 Å². The number of nitrogens with one attached hydrogen (secondary N) is 1. The summed E-state index contributed by atoms with van der Waals surface area (Å²) in [4.78, 5) is 22.3. The average Bonchev–Trinajstić information content (AvgIpc) is 2.30. The van der Waals surface area contributed by atoms with Crippen molar-refractivity contribution < 1.29 is 14.7 Å². The molecule has 0 fully saturated rings. The van der Waals surface area contributed by atoms with E-state index in [0.29, 0.717) is 23.6 Å². The summed E-state index contributed by atoms with van der Waals surface area (Å²) in [7, 11) is 0. The minimum absolute atomic E-state index is 0.185. The van der Waals surface area contributed by atoms with Gasteiger partial charge in [0, 0.05) is 10.7 Å². The standard InChI is InChI=1S/C12H15ClN2O3/c1-2-3-10(12(17)18)15-9-5-4-7(13)6-8(9)11(14)16/h4-6,10,15H,2-3H2,1H3,(H2,14,16)(H,17,18). The van der Waals surface area contributed by atoms with Gasteiger partial charge in [0.1, 0.15) is 6.04 Å². The molecule has 1 rings (SSSR count). The van der Waals surface area contributed by atoms with E-state index in [1.54, 1.807) is 12.1 Å². The summed E-state index contributed by atoms with van der Waals surface area (Å²) in [5.74, 6) is -1.62. The van der Waals surface area contributed by atoms with Crippen LogP contribution in [0.4, 0.5) is 5.69 Å². The summed E-state index contributed by atoms with van der Waals surface area (Å²) < 4.78 is 0. The highest BCUT2D eigenvalue weighted by atomic mass is 35.5. The van der Waals surface area contributed by atoms with Crippen molar-refractivity contribution in [1.29, 1.82) is 0 Å². The minimum atomic E-state index is -0.970. The zero-order chi connectivity index (χ0) is 13.7. The lowest BCUT2D eigenvalue weighted by Gasteiger charge is -2.17. The van der Waals surface area contributed by atoms with Crippen LogP contribution in [0.25, 0.3) is 0 Å². The number of primary amides is 1. The van der Waals surface area contributed by atoms with Crippen LogP contribution in [-0.2, 0) is 4.79 Å². The fraction of sp³-hybridized carbons (Fsp3) is 0.333. The van der Waals surface area contributed by atoms with Crippen molar-refractivity contribution in [1.82, 2.24) is 0 Å². The Labute approximate surface area is 110 Å². The van der Waals surface area contributed by atoms with Crippen LogP contribution in [-0.4, -0.2) is 23.0 Å². The van der Waals surface area contributed by atoms with Crippen LogP contribution in [0.5, 0.6) is 0 Å². The number of carbonyl (C=O) groups is 2. The Morgan fingerprint density at radius 1 is 1.50 bits per heavy atom. The largest absolute Gasteiger partial charge is 0.480 e. The molecule has 0 spiro atoms. The molecule has 0 aliphatic rings. The van der Waals surface area contributed by atoms with Crippen LogP contribution in [0.1, 0.15) is 30.1 Å². The third-order valence-electron chi connectivity index (χ3n) is 2.45. The van der Waals surface area contributed by atoms with E-state index in [9.17, 15) is 9.59 Å². The SMILES string of the molecule is CCCC(Nc1ccc(Cl)cc1C(N)=O)C(=O)O. The molecule has 18 heavy (non-hydrogen) atoms. The number of hydrogen-bond acceptors (Lipinski definition) is 3. The third kappa shape index (κ3) is 3.63. The lowest BCUT2D eigenvalue weighted by molar-refractivity contribution is -0.138. The van der Waals surface area contributed by atoms with E-state index in [2.05, 4.69) is 5.32 Å². The third-order valence-corrected chi connectivity index (χ3v) is 2.69. The molecule has 1 aromatic rings. The lowest BCUT2D eigenvalue weighted by atomic mass is 10.1. The molecular weight excluding hydrogens is 256 g/mol. The molecule has 98 valence electrons. The van der Waals surface area contributed by atoms with E-state index in [1.807, 2.05) is 6.92 Å². The number of halogens is 1. The molecule has 0 aromatic heterocycles. The molecule has 1 amide bonds. The van der Waals surface area contributed by atoms with Gasteiger partial charge in [-0.2, -0.15) is 0 Å². The van der Waals surface area contributed by atoms with Crippen molar-refractivity contribution in [2.24, 2.45) is 5.73 Å². The number of carboxylic acid groups (broad SMARTS) is 1. The van der Waals surface area contributed by atoms with E-state index < -0.39 is 17.9 Å². The van der Waals surface area contributed by atoms with E-state index in [1.165, 1.54) is 6.07 Å². The fourth-order valence-electron chi connectivity index (χ4n) is 1.58. The Morgan fingerprint density at radius 2 is 2.17 bits per heavy atom. The molecule has 0 aliphatic heterocycles. The smallest absolute Gasteiger partial charge is 0.326 e. The molecular formula is C12H15ClN2O3. The second-order valence-corrected chi connectivity index (χ2v) is 4.31. The first-order valence-corrected chi connectivity index (χ1v) is 5.92. The Balaban J connectivity index is 3.01. The Hall–Kier alpha value is -1.75. The summed E-state index contributed by atoms with van der Waals surface area (Å²) >= 11 is 5.77. The molecule has 0 radical (unpaired) electrons. The zero-order valence-electron chi connectivity index (χ0n) is 9.94. The Bertz CT molecular complexity index is 463. The molecule has 4 N–H and O–H groups in total. The van der Waals surface area contributed by atoms with Gasteiger partial charge >= 0.3 is 5.97 Å². The van der Waals surface area contributed by atoms with Gasteiger partial charge < -0.3 is 16.2 Å². The number of anilines is 1. The first-order chi connectivity index (χ1) is 8.45. The van der Waals surface area contributed by atoms with Gasteiger partial charge in [0.05, 0.1) is 5.56 Å². The van der Waals surface area contributed by atoms with Gasteiger partial charge in [-0.25, -0.2) is 4.79 Å². The van der Waals surface area contributed by atoms with Crippen LogP contribution in [0.3, 0.4) is 0 Å². The average molecular weight is 271 g/mol. The van der Waals surface area contributed by atoms with Crippen molar-refractivity contribution in [2.75, 3.05) is 5.32 Å². The number of amides is 1. The topological polar surface area (TPSA) is 92.4 Å². The molecule has 0 saturated carbocycles. The van der Waals surface area contributed by atoms with Crippen molar-refractivity contribution >= 4 is 29.2 Å². The lowest BCUT2D eigenvalue weighted by Crippen LogP contribution is -2.30. The number of nitrogens with two attached hydrogens (primary N) is 1. The molecule has 0 bridgehead atoms. The summed E-state index contributed by atoms with van der Waals surface area (Å²) in [5, 5.41) is 12.2. The second-order valence-electron chi connectivity index (χ2n) is 3.88. The van der Waals surface area contributed by atoms with E-state index in [0.717, 1.165) is 0 Å². The van der Waals surface area contributed by atoms with Crippen molar-refractivity contribution in [3.63, 3.8) is 0 Å². The van der Waals surface area contributed by atoms with Crippen LogP contribution >= 0.6 is 11.6 Å². The first kappa shape index (κ1) is 14.3. The van der Waals surface area contributed by atoms with E-state index in [-0.39, 0.29) is 5.56 Å². The molecule has 6 heteroatoms. The number of aliphatic carboxylic acids is 1. The summed E-state index contributed by atoms with van der Waals surface area (Å²) in [6.45, 7) is 1.88. The van der Waals surface area contributed by atoms with Gasteiger partial charge in [-0.05, 0) is 24.6 Å². The van der Waals surface area contributed by atoms with Crippen LogP contribution < -0.4 is 11.1 Å². The predicted octanol–water partition coefficient (Wildman–Crippen LogP) is 2.10. The van der Waals surface area contributed by atoms with Gasteiger partial charge in [-0.1, -0.05) is 24.9 Å². The van der Waals surface area contributed by atoms with Gasteiger partial charge in [0.15, 0.2) is 0 Å². The van der Waals surface area contributed by atoms with Crippen molar-refractivity contribution in [3.8, 4) is 0 Å². The number of carboxylic acids is 1. The van der Waals surface area contributed by atoms with Crippen LogP contribution in [0.15, 0.2) is 18.2 Å². The summed E-state index contributed by atoms with van der Waals surface area (Å²) in [5.41, 5.74) is 5.79. The fourth-order valence-corrected chi connectivity index (χ4v) is 1.75. The molecule has 0 aliphatic carbocycles. The van der Waals surface area contributed by atoms with Gasteiger partial charge in [0.2, 0.25) is 0 Å². The van der Waals surface area contributed by atoms with E-state index >= 15 is 0 Å². The van der Waals surface area contributed by atoms with Crippen molar-refractivity contribution in [3.05, 3.63) is 28.8 Å². The summed E-state index contributed by atoms with van der Waals surface area (Å²) in [6.07, 6.45) is 1.17. The maximum atomic E-state index is 11.3. The van der Waals surface area contributed by atoms with Crippen LogP contribution in [0.2, 0.25) is 5.02 Å². The summed E-state index contributed by atoms with van der Waals surface area (Å²) in [6, 6.07) is 3.78. The predicted molar refractivity (Wildman–Crippen MR) is 69.9 cm³/mol. The highest BCUT2D eigenvalue weighted by Gasteiger charge is 2.18. The normalized spacial score (nSPS) is 11.9. The molecule has 0 heterocycles. The molecule has 5 nitrogen and oxygen atoms in total. The van der Waals surface area contributed by atoms with E-state index in [4.69, 9.17) is 22.4 Å². The highest BCUT2D eigenvalue weighted by Crippen LogP contribution is 2.21. The Morgan fingerprint density at radius 3 is 2.67 bits per heavy atom. The maximum Gasteiger partial charge on any atom is 0.326 e. The van der Waals surface area contributed by atoms with Gasteiger partial charge in [-0.3, -0.25) is 4.79 Å². The van der Waals surface area contributed by atoms with Crippen LogP contribution in [0, 0.1) is 0 Å². The number of rotatable bonds is 6. The molecule has 1 atom stereocenters. The maximum absolute atomic E-state index is 11.3. The van der Waals surface area contributed by atoms with Crippen molar-refractivity contribution in [2.45, 2.75) is 25.8 Å². The number of hydrogen-bond donors (Lipinski definition) is 3. The zero-order valence-corrected chi connectivity index (χ0v) is 10.7.